The minimum Gasteiger partial charge on any atom is -0.503 e. The molecule has 29 heavy (non-hydrogen) atoms. The van der Waals surface area contributed by atoms with Crippen LogP contribution in [0, 0.1) is 6.92 Å². The van der Waals surface area contributed by atoms with E-state index in [4.69, 9.17) is 11.6 Å². The van der Waals surface area contributed by atoms with Gasteiger partial charge in [0.25, 0.3) is 5.91 Å². The monoisotopic (exact) mass is 467 g/mol. The minimum absolute atomic E-state index is 0.198. The molecule has 1 amide bonds. The first-order valence-corrected chi connectivity index (χ1v) is 10.4. The normalized spacial score (nSPS) is 16.6. The quantitative estimate of drug-likeness (QED) is 0.477. The summed E-state index contributed by atoms with van der Waals surface area (Å²) in [5.74, 6) is -0.570. The van der Waals surface area contributed by atoms with Crippen molar-refractivity contribution in [3.05, 3.63) is 110 Å². The van der Waals surface area contributed by atoms with Gasteiger partial charge in [-0.15, -0.1) is 0 Å². The summed E-state index contributed by atoms with van der Waals surface area (Å²) in [6, 6.07) is 22.7. The number of amides is 1. The molecule has 0 fully saturated rings. The lowest BCUT2D eigenvalue weighted by molar-refractivity contribution is -0.130. The fraction of sp³-hybridized carbons (Fsp3) is 0.125. The van der Waals surface area contributed by atoms with Gasteiger partial charge >= 0.3 is 0 Å². The zero-order valence-electron chi connectivity index (χ0n) is 15.8. The van der Waals surface area contributed by atoms with Crippen LogP contribution in [0.15, 0.2) is 83.0 Å². The van der Waals surface area contributed by atoms with E-state index in [0.717, 1.165) is 26.7 Å². The summed E-state index contributed by atoms with van der Waals surface area (Å²) >= 11 is 9.47. The number of hydrogen-bond acceptors (Lipinski definition) is 2. The highest BCUT2D eigenvalue weighted by molar-refractivity contribution is 9.10. The SMILES string of the molecule is Cc1ccc(C2=C(O)C(=O)N(Cc3ccc(Cl)cc3)[C@H]2c2ccc(Br)cc2)cc1. The van der Waals surface area contributed by atoms with Gasteiger partial charge in [-0.1, -0.05) is 81.6 Å². The van der Waals surface area contributed by atoms with Gasteiger partial charge in [0.15, 0.2) is 5.76 Å². The molecule has 1 heterocycles. The average Bonchev–Trinajstić information content (AvgIpc) is 2.96. The van der Waals surface area contributed by atoms with Crippen LogP contribution < -0.4 is 0 Å². The van der Waals surface area contributed by atoms with Crippen molar-refractivity contribution in [3.8, 4) is 0 Å². The molecule has 5 heteroatoms. The summed E-state index contributed by atoms with van der Waals surface area (Å²) in [5.41, 5.74) is 4.48. The van der Waals surface area contributed by atoms with Gasteiger partial charge in [-0.3, -0.25) is 4.79 Å². The second-order valence-electron chi connectivity index (χ2n) is 7.14. The molecule has 0 spiro atoms. The van der Waals surface area contributed by atoms with E-state index in [0.29, 0.717) is 17.1 Å². The number of halogens is 2. The number of aliphatic hydroxyl groups is 1. The van der Waals surface area contributed by atoms with E-state index in [-0.39, 0.29) is 17.7 Å². The Morgan fingerprint density at radius 1 is 0.966 bits per heavy atom. The fourth-order valence-corrected chi connectivity index (χ4v) is 4.01. The van der Waals surface area contributed by atoms with Gasteiger partial charge in [0, 0.05) is 21.6 Å². The Morgan fingerprint density at radius 3 is 2.21 bits per heavy atom. The van der Waals surface area contributed by atoms with Crippen molar-refractivity contribution < 1.29 is 9.90 Å². The number of benzene rings is 3. The maximum Gasteiger partial charge on any atom is 0.290 e. The lowest BCUT2D eigenvalue weighted by atomic mass is 9.93. The molecule has 1 aliphatic rings. The summed E-state index contributed by atoms with van der Waals surface area (Å²) in [6.45, 7) is 2.38. The molecular formula is C24H19BrClNO2. The first kappa shape index (κ1) is 19.7. The van der Waals surface area contributed by atoms with Gasteiger partial charge in [-0.2, -0.15) is 0 Å². The maximum atomic E-state index is 13.1. The smallest absolute Gasteiger partial charge is 0.290 e. The summed E-state index contributed by atoms with van der Waals surface area (Å²) < 4.78 is 0.958. The summed E-state index contributed by atoms with van der Waals surface area (Å²) in [6.07, 6.45) is 0. The third-order valence-corrected chi connectivity index (χ3v) is 5.90. The molecular weight excluding hydrogens is 450 g/mol. The summed E-state index contributed by atoms with van der Waals surface area (Å²) in [7, 11) is 0. The van der Waals surface area contributed by atoms with Gasteiger partial charge in [-0.05, 0) is 47.9 Å². The number of hydrogen-bond donors (Lipinski definition) is 1. The van der Waals surface area contributed by atoms with Gasteiger partial charge in [0.1, 0.15) is 0 Å². The molecule has 3 aromatic carbocycles. The molecule has 1 N–H and O–H groups in total. The number of aryl methyl sites for hydroxylation is 1. The van der Waals surface area contributed by atoms with Gasteiger partial charge in [0.05, 0.1) is 6.04 Å². The Morgan fingerprint density at radius 2 is 1.59 bits per heavy atom. The van der Waals surface area contributed by atoms with Crippen LogP contribution in [0.1, 0.15) is 28.3 Å². The van der Waals surface area contributed by atoms with Crippen molar-refractivity contribution in [2.24, 2.45) is 0 Å². The van der Waals surface area contributed by atoms with Crippen molar-refractivity contribution in [1.82, 2.24) is 4.90 Å². The standard InChI is InChI=1S/C24H19BrClNO2/c1-15-2-6-17(7-3-15)21-22(18-8-10-19(25)11-9-18)27(24(29)23(21)28)14-16-4-12-20(26)13-5-16/h2-13,22,28H,14H2,1H3/t22-/m0/s1. The Labute approximate surface area is 183 Å². The lowest BCUT2D eigenvalue weighted by Gasteiger charge is -2.27. The van der Waals surface area contributed by atoms with Crippen LogP contribution in [0.4, 0.5) is 0 Å². The van der Waals surface area contributed by atoms with Crippen LogP contribution in [0.5, 0.6) is 0 Å². The molecule has 0 unspecified atom stereocenters. The molecule has 3 aromatic rings. The lowest BCUT2D eigenvalue weighted by Crippen LogP contribution is -2.29. The molecule has 0 saturated heterocycles. The second-order valence-corrected chi connectivity index (χ2v) is 8.49. The molecule has 0 saturated carbocycles. The second kappa shape index (κ2) is 8.05. The first-order valence-electron chi connectivity index (χ1n) is 9.25. The highest BCUT2D eigenvalue weighted by Crippen LogP contribution is 2.44. The number of nitrogens with zero attached hydrogens (tertiary/aromatic N) is 1. The Balaban J connectivity index is 1.80. The number of aliphatic hydroxyl groups excluding tert-OH is 1. The van der Waals surface area contributed by atoms with E-state index in [9.17, 15) is 9.90 Å². The maximum absolute atomic E-state index is 13.1. The van der Waals surface area contributed by atoms with Crippen molar-refractivity contribution in [2.45, 2.75) is 19.5 Å². The molecule has 1 atom stereocenters. The Bertz CT molecular complexity index is 1070. The number of rotatable bonds is 4. The molecule has 0 aromatic heterocycles. The number of carbonyl (C=O) groups excluding carboxylic acids is 1. The molecule has 0 aliphatic carbocycles. The van der Waals surface area contributed by atoms with Gasteiger partial charge < -0.3 is 10.0 Å². The highest BCUT2D eigenvalue weighted by atomic mass is 79.9. The van der Waals surface area contributed by atoms with E-state index in [1.165, 1.54) is 0 Å². The van der Waals surface area contributed by atoms with Crippen LogP contribution in [-0.2, 0) is 11.3 Å². The van der Waals surface area contributed by atoms with Crippen LogP contribution >= 0.6 is 27.5 Å². The van der Waals surface area contributed by atoms with Gasteiger partial charge in [0.2, 0.25) is 0 Å². The molecule has 0 bridgehead atoms. The third kappa shape index (κ3) is 3.96. The Kier molecular flexibility index (Phi) is 5.48. The molecule has 0 radical (unpaired) electrons. The van der Waals surface area contributed by atoms with Gasteiger partial charge in [-0.25, -0.2) is 0 Å². The summed E-state index contributed by atoms with van der Waals surface area (Å²) in [4.78, 5) is 14.8. The van der Waals surface area contributed by atoms with Crippen LogP contribution in [0.25, 0.3) is 5.57 Å². The molecule has 1 aliphatic heterocycles. The predicted octanol–water partition coefficient (Wildman–Crippen LogP) is 6.46. The van der Waals surface area contributed by atoms with E-state index in [1.54, 1.807) is 17.0 Å². The third-order valence-electron chi connectivity index (χ3n) is 5.12. The van der Waals surface area contributed by atoms with E-state index in [2.05, 4.69) is 15.9 Å². The van der Waals surface area contributed by atoms with Crippen molar-refractivity contribution in [3.63, 3.8) is 0 Å². The van der Waals surface area contributed by atoms with Crippen LogP contribution in [0.2, 0.25) is 5.02 Å². The van der Waals surface area contributed by atoms with Crippen molar-refractivity contribution in [1.29, 1.82) is 0 Å². The van der Waals surface area contributed by atoms with E-state index < -0.39 is 0 Å². The largest absolute Gasteiger partial charge is 0.503 e. The first-order chi connectivity index (χ1) is 13.9. The average molecular weight is 469 g/mol. The topological polar surface area (TPSA) is 40.5 Å². The molecule has 146 valence electrons. The Hall–Kier alpha value is -2.56. The van der Waals surface area contributed by atoms with E-state index in [1.807, 2.05) is 67.6 Å². The zero-order chi connectivity index (χ0) is 20.5. The van der Waals surface area contributed by atoms with E-state index >= 15 is 0 Å². The zero-order valence-corrected chi connectivity index (χ0v) is 18.1. The molecule has 3 nitrogen and oxygen atoms in total. The summed E-state index contributed by atoms with van der Waals surface area (Å²) in [5, 5.41) is 11.5. The van der Waals surface area contributed by atoms with Crippen molar-refractivity contribution >= 4 is 39.0 Å². The number of carbonyl (C=O) groups is 1. The predicted molar refractivity (Wildman–Crippen MR) is 120 cm³/mol. The molecule has 4 rings (SSSR count). The fourth-order valence-electron chi connectivity index (χ4n) is 3.62. The van der Waals surface area contributed by atoms with Crippen LogP contribution in [0.3, 0.4) is 0 Å². The van der Waals surface area contributed by atoms with Crippen molar-refractivity contribution in [2.75, 3.05) is 0 Å². The minimum atomic E-state index is -0.381. The highest BCUT2D eigenvalue weighted by Gasteiger charge is 2.40. The van der Waals surface area contributed by atoms with Crippen LogP contribution in [-0.4, -0.2) is 15.9 Å².